The van der Waals surface area contributed by atoms with Crippen molar-refractivity contribution in [2.24, 2.45) is 0 Å². The molecule has 3 aromatic rings. The molecule has 0 aliphatic heterocycles. The van der Waals surface area contributed by atoms with Gasteiger partial charge in [-0.3, -0.25) is 9.20 Å². The van der Waals surface area contributed by atoms with Crippen LogP contribution in [0.5, 0.6) is 0 Å². The van der Waals surface area contributed by atoms with Gasteiger partial charge in [-0.2, -0.15) is 0 Å². The first kappa shape index (κ1) is 17.7. The molecule has 6 nitrogen and oxygen atoms in total. The summed E-state index contributed by atoms with van der Waals surface area (Å²) in [5.41, 5.74) is 3.41. The third-order valence-corrected chi connectivity index (χ3v) is 6.00. The first-order chi connectivity index (χ1) is 13.1. The number of hydrogen-bond acceptors (Lipinski definition) is 5. The van der Waals surface area contributed by atoms with Gasteiger partial charge in [-0.05, 0) is 57.2 Å². The average molecular weight is 383 g/mol. The lowest BCUT2D eigenvalue weighted by Crippen LogP contribution is -2.18. The number of fused-ring (bicyclic) bond motifs is 2. The normalized spacial score (nSPS) is 13.4. The second kappa shape index (κ2) is 7.15. The lowest BCUT2D eigenvalue weighted by atomic mass is 9.95. The van der Waals surface area contributed by atoms with E-state index in [2.05, 4.69) is 10.3 Å². The Hall–Kier alpha value is -2.67. The number of amides is 1. The van der Waals surface area contributed by atoms with Gasteiger partial charge in [0, 0.05) is 11.1 Å². The standard InChI is InChI=1S/C20H21N3O3S/c1-3-26-20(25)16-13-8-4-5-9-14(13)27-19(16)22-18(24)17-12(2)21-15-10-6-7-11-23(15)17/h6-7,10-11H,3-5,8-9H2,1-2H3,(H,22,24). The maximum atomic E-state index is 13.0. The number of pyridine rings is 1. The molecule has 3 aromatic heterocycles. The van der Waals surface area contributed by atoms with E-state index < -0.39 is 0 Å². The van der Waals surface area contributed by atoms with Crippen LogP contribution >= 0.6 is 11.3 Å². The number of carbonyl (C=O) groups excluding carboxylic acids is 2. The van der Waals surface area contributed by atoms with E-state index in [9.17, 15) is 9.59 Å². The summed E-state index contributed by atoms with van der Waals surface area (Å²) < 4.78 is 7.02. The lowest BCUT2D eigenvalue weighted by Gasteiger charge is -2.12. The van der Waals surface area contributed by atoms with E-state index in [0.29, 0.717) is 28.6 Å². The van der Waals surface area contributed by atoms with Crippen LogP contribution in [0.4, 0.5) is 5.00 Å². The van der Waals surface area contributed by atoms with Crippen molar-refractivity contribution in [3.05, 3.63) is 51.8 Å². The second-order valence-electron chi connectivity index (χ2n) is 6.56. The van der Waals surface area contributed by atoms with Gasteiger partial charge in [0.05, 0.1) is 17.9 Å². The third-order valence-electron chi connectivity index (χ3n) is 4.80. The molecule has 0 unspecified atom stereocenters. The Bertz CT molecular complexity index is 1030. The van der Waals surface area contributed by atoms with Gasteiger partial charge in [-0.15, -0.1) is 11.3 Å². The fraction of sp³-hybridized carbons (Fsp3) is 0.350. The molecule has 4 rings (SSSR count). The summed E-state index contributed by atoms with van der Waals surface area (Å²) in [5.74, 6) is -0.627. The van der Waals surface area contributed by atoms with Crippen LogP contribution < -0.4 is 5.32 Å². The average Bonchev–Trinajstić information content (AvgIpc) is 3.18. The highest BCUT2D eigenvalue weighted by atomic mass is 32.1. The van der Waals surface area contributed by atoms with Crippen LogP contribution in [-0.2, 0) is 17.6 Å². The predicted octanol–water partition coefficient (Wildman–Crippen LogP) is 4.01. The van der Waals surface area contributed by atoms with Gasteiger partial charge in [0.1, 0.15) is 16.3 Å². The van der Waals surface area contributed by atoms with E-state index in [1.54, 1.807) is 11.3 Å². The summed E-state index contributed by atoms with van der Waals surface area (Å²) in [5, 5.41) is 3.54. The monoisotopic (exact) mass is 383 g/mol. The SMILES string of the molecule is CCOC(=O)c1c(NC(=O)c2c(C)nc3ccccn23)sc2c1CCCC2. The van der Waals surface area contributed by atoms with Gasteiger partial charge in [0.15, 0.2) is 0 Å². The maximum absolute atomic E-state index is 13.0. The number of nitrogens with zero attached hydrogens (tertiary/aromatic N) is 2. The van der Waals surface area contributed by atoms with Crippen molar-refractivity contribution < 1.29 is 14.3 Å². The van der Waals surface area contributed by atoms with Crippen LogP contribution in [0.2, 0.25) is 0 Å². The molecule has 0 spiro atoms. The van der Waals surface area contributed by atoms with Crippen LogP contribution in [0.25, 0.3) is 5.65 Å². The van der Waals surface area contributed by atoms with Gasteiger partial charge in [-0.25, -0.2) is 9.78 Å². The van der Waals surface area contributed by atoms with Gasteiger partial charge in [0.25, 0.3) is 5.91 Å². The van der Waals surface area contributed by atoms with Crippen molar-refractivity contribution in [2.75, 3.05) is 11.9 Å². The quantitative estimate of drug-likeness (QED) is 0.691. The number of hydrogen-bond donors (Lipinski definition) is 1. The molecule has 0 radical (unpaired) electrons. The van der Waals surface area contributed by atoms with Crippen LogP contribution in [0, 0.1) is 6.92 Å². The number of thiophene rings is 1. The molecular weight excluding hydrogens is 362 g/mol. The molecule has 140 valence electrons. The Kier molecular flexibility index (Phi) is 4.70. The maximum Gasteiger partial charge on any atom is 0.341 e. The summed E-state index contributed by atoms with van der Waals surface area (Å²) in [7, 11) is 0. The molecule has 3 heterocycles. The molecular formula is C20H21N3O3S. The molecule has 0 saturated carbocycles. The Labute approximate surface area is 161 Å². The highest BCUT2D eigenvalue weighted by Crippen LogP contribution is 2.38. The molecule has 0 aromatic carbocycles. The molecule has 0 bridgehead atoms. The topological polar surface area (TPSA) is 72.7 Å². The highest BCUT2D eigenvalue weighted by Gasteiger charge is 2.28. The molecule has 0 saturated heterocycles. The number of rotatable bonds is 4. The predicted molar refractivity (Wildman–Crippen MR) is 105 cm³/mol. The Morgan fingerprint density at radius 1 is 1.30 bits per heavy atom. The molecule has 1 aliphatic rings. The molecule has 7 heteroatoms. The van der Waals surface area contributed by atoms with Gasteiger partial charge >= 0.3 is 5.97 Å². The third kappa shape index (κ3) is 3.12. The number of aromatic nitrogens is 2. The summed E-state index contributed by atoms with van der Waals surface area (Å²) in [4.78, 5) is 31.2. The van der Waals surface area contributed by atoms with E-state index >= 15 is 0 Å². The zero-order valence-electron chi connectivity index (χ0n) is 15.4. The largest absolute Gasteiger partial charge is 0.462 e. The van der Waals surface area contributed by atoms with Gasteiger partial charge in [-0.1, -0.05) is 6.07 Å². The number of nitrogens with one attached hydrogen (secondary N) is 1. The second-order valence-corrected chi connectivity index (χ2v) is 7.67. The fourth-order valence-electron chi connectivity index (χ4n) is 3.62. The van der Waals surface area contributed by atoms with Crippen molar-refractivity contribution in [2.45, 2.75) is 39.5 Å². The van der Waals surface area contributed by atoms with Crippen LogP contribution in [0.1, 0.15) is 56.7 Å². The number of aryl methyl sites for hydroxylation is 2. The Morgan fingerprint density at radius 3 is 2.93 bits per heavy atom. The first-order valence-corrected chi connectivity index (χ1v) is 9.98. The zero-order valence-corrected chi connectivity index (χ0v) is 16.2. The van der Waals surface area contributed by atoms with Gasteiger partial charge in [0.2, 0.25) is 0 Å². The molecule has 0 fully saturated rings. The van der Waals surface area contributed by atoms with Crippen LogP contribution in [0.3, 0.4) is 0 Å². The van der Waals surface area contributed by atoms with Gasteiger partial charge < -0.3 is 10.1 Å². The molecule has 1 N–H and O–H groups in total. The number of carbonyl (C=O) groups is 2. The van der Waals surface area contributed by atoms with E-state index in [1.807, 2.05) is 31.3 Å². The lowest BCUT2D eigenvalue weighted by molar-refractivity contribution is 0.0526. The minimum Gasteiger partial charge on any atom is -0.462 e. The van der Waals surface area contributed by atoms with Crippen molar-refractivity contribution in [3.63, 3.8) is 0 Å². The fourth-order valence-corrected chi connectivity index (χ4v) is 4.89. The van der Waals surface area contributed by atoms with E-state index in [0.717, 1.165) is 36.9 Å². The molecule has 0 atom stereocenters. The smallest absolute Gasteiger partial charge is 0.341 e. The molecule has 1 amide bonds. The minimum atomic E-state index is -0.359. The highest BCUT2D eigenvalue weighted by molar-refractivity contribution is 7.17. The summed E-state index contributed by atoms with van der Waals surface area (Å²) in [6.07, 6.45) is 5.77. The number of ether oxygens (including phenoxy) is 1. The minimum absolute atomic E-state index is 0.268. The summed E-state index contributed by atoms with van der Waals surface area (Å²) >= 11 is 1.49. The van der Waals surface area contributed by atoms with Crippen molar-refractivity contribution >= 4 is 33.9 Å². The number of esters is 1. The van der Waals surface area contributed by atoms with Crippen molar-refractivity contribution in [1.29, 1.82) is 0 Å². The van der Waals surface area contributed by atoms with E-state index in [-0.39, 0.29) is 11.9 Å². The zero-order chi connectivity index (χ0) is 19.0. The number of anilines is 1. The van der Waals surface area contributed by atoms with Crippen molar-refractivity contribution in [1.82, 2.24) is 9.38 Å². The Morgan fingerprint density at radius 2 is 2.11 bits per heavy atom. The van der Waals surface area contributed by atoms with E-state index in [4.69, 9.17) is 4.74 Å². The van der Waals surface area contributed by atoms with Crippen LogP contribution in [0.15, 0.2) is 24.4 Å². The summed E-state index contributed by atoms with van der Waals surface area (Å²) in [6.45, 7) is 3.91. The first-order valence-electron chi connectivity index (χ1n) is 9.16. The number of imidazole rings is 1. The van der Waals surface area contributed by atoms with E-state index in [1.165, 1.54) is 16.2 Å². The molecule has 1 aliphatic carbocycles. The van der Waals surface area contributed by atoms with Crippen LogP contribution in [-0.4, -0.2) is 27.9 Å². The molecule has 27 heavy (non-hydrogen) atoms. The Balaban J connectivity index is 1.73. The van der Waals surface area contributed by atoms with Crippen molar-refractivity contribution in [3.8, 4) is 0 Å². The summed E-state index contributed by atoms with van der Waals surface area (Å²) in [6, 6.07) is 5.60.